The molecule has 6 nitrogen and oxygen atoms in total. The molecular formula is C13H21N3O3S. The van der Waals surface area contributed by atoms with Crippen molar-refractivity contribution in [3.05, 3.63) is 15.6 Å². The van der Waals surface area contributed by atoms with Crippen LogP contribution in [0.2, 0.25) is 0 Å². The number of hydrogen-bond acceptors (Lipinski definition) is 4. The molecule has 0 aromatic carbocycles. The molecular weight excluding hydrogens is 278 g/mol. The first kappa shape index (κ1) is 16.4. The van der Waals surface area contributed by atoms with Crippen LogP contribution in [0, 0.1) is 19.8 Å². The molecule has 1 heterocycles. The number of carbonyl (C=O) groups excluding carboxylic acids is 1. The molecule has 112 valence electrons. The molecule has 2 N–H and O–H groups in total. The van der Waals surface area contributed by atoms with Gasteiger partial charge in [0.05, 0.1) is 16.6 Å². The minimum absolute atomic E-state index is 0.194. The van der Waals surface area contributed by atoms with E-state index >= 15 is 0 Å². The Balaban J connectivity index is 2.36. The lowest BCUT2D eigenvalue weighted by molar-refractivity contribution is -0.141. The van der Waals surface area contributed by atoms with Gasteiger partial charge >= 0.3 is 12.0 Å². The Morgan fingerprint density at radius 2 is 2.10 bits per heavy atom. The first-order chi connectivity index (χ1) is 9.31. The van der Waals surface area contributed by atoms with Crippen LogP contribution in [0.4, 0.5) is 4.79 Å². The smallest absolute Gasteiger partial charge is 0.317 e. The molecule has 0 fully saturated rings. The van der Waals surface area contributed by atoms with Crippen molar-refractivity contribution in [2.24, 2.45) is 5.92 Å². The summed E-state index contributed by atoms with van der Waals surface area (Å²) >= 11 is 1.64. The minimum Gasteiger partial charge on any atom is -0.481 e. The number of urea groups is 1. The van der Waals surface area contributed by atoms with Gasteiger partial charge in [-0.15, -0.1) is 11.3 Å². The zero-order valence-corrected chi connectivity index (χ0v) is 13.1. The lowest BCUT2D eigenvalue weighted by Gasteiger charge is -2.19. The molecule has 0 aliphatic heterocycles. The Bertz CT molecular complexity index is 487. The van der Waals surface area contributed by atoms with Gasteiger partial charge in [-0.25, -0.2) is 9.78 Å². The number of aliphatic carboxylic acids is 1. The highest BCUT2D eigenvalue weighted by Gasteiger charge is 2.17. The van der Waals surface area contributed by atoms with Crippen molar-refractivity contribution in [1.29, 1.82) is 0 Å². The van der Waals surface area contributed by atoms with Crippen molar-refractivity contribution in [1.82, 2.24) is 15.2 Å². The summed E-state index contributed by atoms with van der Waals surface area (Å²) in [5.74, 6) is -1.47. The first-order valence-electron chi connectivity index (χ1n) is 6.46. The number of hydrogen-bond donors (Lipinski definition) is 2. The molecule has 0 radical (unpaired) electrons. The molecule has 20 heavy (non-hydrogen) atoms. The summed E-state index contributed by atoms with van der Waals surface area (Å²) in [5, 5.41) is 12.6. The lowest BCUT2D eigenvalue weighted by atomic mass is 10.2. The van der Waals surface area contributed by atoms with E-state index in [0.29, 0.717) is 6.54 Å². The molecule has 1 aromatic rings. The number of nitrogens with one attached hydrogen (secondary N) is 1. The van der Waals surface area contributed by atoms with E-state index in [1.54, 1.807) is 25.3 Å². The summed E-state index contributed by atoms with van der Waals surface area (Å²) < 4.78 is 0. The third-order valence-electron chi connectivity index (χ3n) is 2.94. The Hall–Kier alpha value is -1.63. The third kappa shape index (κ3) is 4.80. The van der Waals surface area contributed by atoms with Gasteiger partial charge in [-0.3, -0.25) is 4.79 Å². The van der Waals surface area contributed by atoms with Crippen LogP contribution < -0.4 is 5.32 Å². The Morgan fingerprint density at radius 1 is 1.45 bits per heavy atom. The van der Waals surface area contributed by atoms with E-state index in [1.165, 1.54) is 9.78 Å². The van der Waals surface area contributed by atoms with E-state index in [9.17, 15) is 9.59 Å². The average Bonchev–Trinajstić information content (AvgIpc) is 2.67. The molecule has 1 rings (SSSR count). The zero-order chi connectivity index (χ0) is 15.3. The number of rotatable bonds is 6. The van der Waals surface area contributed by atoms with E-state index in [1.807, 2.05) is 13.8 Å². The molecule has 7 heteroatoms. The van der Waals surface area contributed by atoms with E-state index in [2.05, 4.69) is 10.3 Å². The van der Waals surface area contributed by atoms with Crippen LogP contribution in [-0.4, -0.2) is 47.1 Å². The van der Waals surface area contributed by atoms with Gasteiger partial charge < -0.3 is 15.3 Å². The van der Waals surface area contributed by atoms with Gasteiger partial charge in [0.15, 0.2) is 0 Å². The van der Waals surface area contributed by atoms with Crippen LogP contribution in [0.1, 0.15) is 22.5 Å². The van der Waals surface area contributed by atoms with Crippen molar-refractivity contribution < 1.29 is 14.7 Å². The number of carboxylic acids is 1. The van der Waals surface area contributed by atoms with E-state index < -0.39 is 11.9 Å². The van der Waals surface area contributed by atoms with Crippen LogP contribution in [-0.2, 0) is 11.2 Å². The Labute approximate surface area is 122 Å². The van der Waals surface area contributed by atoms with Gasteiger partial charge in [0.25, 0.3) is 0 Å². The topological polar surface area (TPSA) is 82.5 Å². The van der Waals surface area contributed by atoms with Crippen molar-refractivity contribution >= 4 is 23.3 Å². The second-order valence-corrected chi connectivity index (χ2v) is 6.13. The van der Waals surface area contributed by atoms with E-state index in [-0.39, 0.29) is 12.6 Å². The predicted molar refractivity (Wildman–Crippen MR) is 78.1 cm³/mol. The molecule has 0 saturated carbocycles. The van der Waals surface area contributed by atoms with Crippen LogP contribution in [0.3, 0.4) is 0 Å². The summed E-state index contributed by atoms with van der Waals surface area (Å²) in [4.78, 5) is 29.4. The van der Waals surface area contributed by atoms with Crippen LogP contribution in [0.25, 0.3) is 0 Å². The number of amides is 2. The Kier molecular flexibility index (Phi) is 5.94. The summed E-state index contributed by atoms with van der Waals surface area (Å²) in [5.41, 5.74) is 1.01. The van der Waals surface area contributed by atoms with Crippen molar-refractivity contribution in [3.63, 3.8) is 0 Å². The van der Waals surface area contributed by atoms with Crippen molar-refractivity contribution in [2.45, 2.75) is 27.2 Å². The highest BCUT2D eigenvalue weighted by atomic mass is 32.1. The summed E-state index contributed by atoms with van der Waals surface area (Å²) in [6, 6.07) is -0.253. The molecule has 1 unspecified atom stereocenters. The van der Waals surface area contributed by atoms with Gasteiger partial charge in [-0.05, 0) is 13.8 Å². The van der Waals surface area contributed by atoms with Gasteiger partial charge in [0, 0.05) is 31.4 Å². The Morgan fingerprint density at radius 3 is 2.60 bits per heavy atom. The van der Waals surface area contributed by atoms with Crippen LogP contribution in [0.5, 0.6) is 0 Å². The SMILES string of the molecule is Cc1nc(C)c(CCNC(=O)N(C)CC(C)C(=O)O)s1. The highest BCUT2D eigenvalue weighted by molar-refractivity contribution is 7.11. The first-order valence-corrected chi connectivity index (χ1v) is 7.27. The third-order valence-corrected chi connectivity index (χ3v) is 4.08. The second-order valence-electron chi connectivity index (χ2n) is 4.84. The number of aryl methyl sites for hydroxylation is 2. The van der Waals surface area contributed by atoms with Crippen molar-refractivity contribution in [2.75, 3.05) is 20.1 Å². The number of carbonyl (C=O) groups is 2. The normalized spacial score (nSPS) is 12.0. The largest absolute Gasteiger partial charge is 0.481 e. The lowest BCUT2D eigenvalue weighted by Crippen LogP contribution is -2.41. The fourth-order valence-corrected chi connectivity index (χ4v) is 2.73. The molecule has 0 bridgehead atoms. The summed E-state index contributed by atoms with van der Waals surface area (Å²) in [6.07, 6.45) is 0.741. The van der Waals surface area contributed by atoms with Crippen LogP contribution >= 0.6 is 11.3 Å². The standard InChI is InChI=1S/C13H21N3O3S/c1-8(12(17)18)7-16(4)13(19)14-6-5-11-9(2)15-10(3)20-11/h8H,5-7H2,1-4H3,(H,14,19)(H,17,18). The average molecular weight is 299 g/mol. The molecule has 1 aromatic heterocycles. The number of nitrogens with zero attached hydrogens (tertiary/aromatic N) is 2. The minimum atomic E-state index is -0.902. The molecule has 1 atom stereocenters. The maximum absolute atomic E-state index is 11.8. The van der Waals surface area contributed by atoms with E-state index in [0.717, 1.165) is 17.1 Å². The fourth-order valence-electron chi connectivity index (χ4n) is 1.80. The van der Waals surface area contributed by atoms with Gasteiger partial charge in [-0.2, -0.15) is 0 Å². The zero-order valence-electron chi connectivity index (χ0n) is 12.3. The molecule has 0 spiro atoms. The highest BCUT2D eigenvalue weighted by Crippen LogP contribution is 2.17. The van der Waals surface area contributed by atoms with E-state index in [4.69, 9.17) is 5.11 Å². The number of aromatic nitrogens is 1. The maximum Gasteiger partial charge on any atom is 0.317 e. The quantitative estimate of drug-likeness (QED) is 0.837. The predicted octanol–water partition coefficient (Wildman–Crippen LogP) is 1.66. The fraction of sp³-hybridized carbons (Fsp3) is 0.615. The van der Waals surface area contributed by atoms with Gasteiger partial charge in [0.1, 0.15) is 0 Å². The summed E-state index contributed by atoms with van der Waals surface area (Å²) in [7, 11) is 1.59. The monoisotopic (exact) mass is 299 g/mol. The summed E-state index contributed by atoms with van der Waals surface area (Å²) in [6.45, 7) is 6.21. The number of carboxylic acid groups (broad SMARTS) is 1. The van der Waals surface area contributed by atoms with Gasteiger partial charge in [0.2, 0.25) is 0 Å². The maximum atomic E-state index is 11.8. The molecule has 0 aliphatic carbocycles. The molecule has 0 saturated heterocycles. The van der Waals surface area contributed by atoms with Crippen LogP contribution in [0.15, 0.2) is 0 Å². The van der Waals surface area contributed by atoms with Crippen molar-refractivity contribution in [3.8, 4) is 0 Å². The number of thiazole rings is 1. The second kappa shape index (κ2) is 7.23. The molecule has 2 amide bonds. The van der Waals surface area contributed by atoms with Gasteiger partial charge in [-0.1, -0.05) is 6.92 Å². The molecule has 0 aliphatic rings.